The highest BCUT2D eigenvalue weighted by Crippen LogP contribution is 2.20. The average molecular weight is 420 g/mol. The molecule has 0 spiro atoms. The Morgan fingerprint density at radius 3 is 2.36 bits per heavy atom. The molecule has 0 atom stereocenters. The Labute approximate surface area is 164 Å². The number of rotatable bonds is 4. The van der Waals surface area contributed by atoms with Gasteiger partial charge in [-0.15, -0.1) is 0 Å². The summed E-state index contributed by atoms with van der Waals surface area (Å²) in [6, 6.07) is 14.1. The molecule has 1 heterocycles. The number of nitrogens with one attached hydrogen (secondary N) is 3. The Kier molecular flexibility index (Phi) is 5.45. The predicted octanol–water partition coefficient (Wildman–Crippen LogP) is 1.45. The molecule has 0 aliphatic heterocycles. The molecule has 2 amide bonds. The maximum absolute atomic E-state index is 12.2. The van der Waals surface area contributed by atoms with E-state index in [-0.39, 0.29) is 21.2 Å². The van der Waals surface area contributed by atoms with Crippen LogP contribution in [-0.4, -0.2) is 30.4 Å². The maximum atomic E-state index is 12.2. The van der Waals surface area contributed by atoms with Gasteiger partial charge in [-0.1, -0.05) is 41.9 Å². The maximum Gasteiger partial charge on any atom is 0.287 e. The van der Waals surface area contributed by atoms with Crippen LogP contribution in [0.5, 0.6) is 0 Å². The number of hydrogen-bond donors (Lipinski definition) is 4. The third-order valence-corrected chi connectivity index (χ3v) is 4.93. The van der Waals surface area contributed by atoms with Crippen LogP contribution in [0.15, 0.2) is 59.5 Å². The normalized spacial score (nSPS) is 11.1. The minimum absolute atomic E-state index is 0.00736. The van der Waals surface area contributed by atoms with Crippen LogP contribution in [0.25, 0.3) is 11.3 Å². The van der Waals surface area contributed by atoms with Gasteiger partial charge < -0.3 is 0 Å². The molecule has 1 aromatic heterocycles. The SMILES string of the molecule is NS(=O)(=O)c1ccc(Cl)c(C(=O)NNC(=O)c2cc(-c3ccccc3)n[nH]2)c1. The second-order valence-electron chi connectivity index (χ2n) is 5.63. The molecule has 0 aliphatic carbocycles. The van der Waals surface area contributed by atoms with Crippen LogP contribution < -0.4 is 16.0 Å². The quantitative estimate of drug-likeness (QED) is 0.472. The molecular formula is C17H14ClN5O4S. The molecule has 11 heteroatoms. The zero-order chi connectivity index (χ0) is 20.3. The summed E-state index contributed by atoms with van der Waals surface area (Å²) in [5.41, 5.74) is 5.68. The highest BCUT2D eigenvalue weighted by molar-refractivity contribution is 7.89. The summed E-state index contributed by atoms with van der Waals surface area (Å²) >= 11 is 5.92. The summed E-state index contributed by atoms with van der Waals surface area (Å²) in [4.78, 5) is 24.1. The fraction of sp³-hybridized carbons (Fsp3) is 0. The van der Waals surface area contributed by atoms with Gasteiger partial charge in [0.2, 0.25) is 10.0 Å². The minimum atomic E-state index is -4.01. The van der Waals surface area contributed by atoms with Crippen LogP contribution in [0.2, 0.25) is 5.02 Å². The van der Waals surface area contributed by atoms with Gasteiger partial charge in [0.25, 0.3) is 11.8 Å². The van der Waals surface area contributed by atoms with E-state index in [9.17, 15) is 18.0 Å². The van der Waals surface area contributed by atoms with Crippen molar-refractivity contribution in [1.29, 1.82) is 0 Å². The molecule has 9 nitrogen and oxygen atoms in total. The van der Waals surface area contributed by atoms with E-state index < -0.39 is 21.8 Å². The molecule has 0 aliphatic rings. The Balaban J connectivity index is 1.70. The largest absolute Gasteiger partial charge is 0.287 e. The first-order valence-electron chi connectivity index (χ1n) is 7.79. The lowest BCUT2D eigenvalue weighted by atomic mass is 10.1. The summed E-state index contributed by atoms with van der Waals surface area (Å²) in [7, 11) is -4.01. The molecule has 0 fully saturated rings. The molecule has 0 bridgehead atoms. The van der Waals surface area contributed by atoms with Crippen LogP contribution in [-0.2, 0) is 10.0 Å². The molecule has 144 valence electrons. The van der Waals surface area contributed by atoms with Gasteiger partial charge in [0.1, 0.15) is 5.69 Å². The van der Waals surface area contributed by atoms with Crippen LogP contribution in [0, 0.1) is 0 Å². The zero-order valence-electron chi connectivity index (χ0n) is 14.1. The number of hydrazine groups is 1. The number of benzene rings is 2. The van der Waals surface area contributed by atoms with E-state index in [4.69, 9.17) is 16.7 Å². The standard InChI is InChI=1S/C17H14ClN5O4S/c18-13-7-6-11(28(19,26)27)8-12(13)16(24)22-23-17(25)15-9-14(20-21-15)10-4-2-1-3-5-10/h1-9H,(H,20,21)(H,22,24)(H,23,25)(H2,19,26,27). The first kappa shape index (κ1) is 19.5. The van der Waals surface area contributed by atoms with E-state index in [2.05, 4.69) is 21.0 Å². The fourth-order valence-corrected chi connectivity index (χ4v) is 3.04. The highest BCUT2D eigenvalue weighted by Gasteiger charge is 2.17. The third kappa shape index (κ3) is 4.36. The van der Waals surface area contributed by atoms with Gasteiger partial charge in [0.15, 0.2) is 0 Å². The van der Waals surface area contributed by atoms with Gasteiger partial charge in [-0.25, -0.2) is 13.6 Å². The van der Waals surface area contributed by atoms with Gasteiger partial charge in [-0.05, 0) is 24.3 Å². The molecule has 2 aromatic carbocycles. The van der Waals surface area contributed by atoms with Crippen molar-refractivity contribution in [2.24, 2.45) is 5.14 Å². The predicted molar refractivity (Wildman–Crippen MR) is 102 cm³/mol. The topological polar surface area (TPSA) is 147 Å². The molecule has 3 rings (SSSR count). The Morgan fingerprint density at radius 1 is 1.00 bits per heavy atom. The molecule has 0 radical (unpaired) electrons. The molecule has 28 heavy (non-hydrogen) atoms. The summed E-state index contributed by atoms with van der Waals surface area (Å²) in [5.74, 6) is -1.46. The summed E-state index contributed by atoms with van der Waals surface area (Å²) in [6.07, 6.45) is 0. The Morgan fingerprint density at radius 2 is 1.68 bits per heavy atom. The third-order valence-electron chi connectivity index (χ3n) is 3.69. The first-order chi connectivity index (χ1) is 13.3. The monoisotopic (exact) mass is 419 g/mol. The number of amides is 2. The lowest BCUT2D eigenvalue weighted by molar-refractivity contribution is 0.0844. The van der Waals surface area contributed by atoms with E-state index in [1.807, 2.05) is 30.3 Å². The van der Waals surface area contributed by atoms with Crippen molar-refractivity contribution in [3.8, 4) is 11.3 Å². The number of halogens is 1. The van der Waals surface area contributed by atoms with E-state index in [0.717, 1.165) is 11.6 Å². The number of carbonyl (C=O) groups is 2. The fourth-order valence-electron chi connectivity index (χ4n) is 2.30. The van der Waals surface area contributed by atoms with Crippen molar-refractivity contribution < 1.29 is 18.0 Å². The summed E-state index contributed by atoms with van der Waals surface area (Å²) < 4.78 is 22.8. The van der Waals surface area contributed by atoms with Crippen molar-refractivity contribution in [3.63, 3.8) is 0 Å². The molecule has 0 saturated heterocycles. The number of aromatic nitrogens is 2. The van der Waals surface area contributed by atoms with Gasteiger partial charge in [-0.2, -0.15) is 5.10 Å². The number of hydrogen-bond acceptors (Lipinski definition) is 5. The lowest BCUT2D eigenvalue weighted by Gasteiger charge is -2.08. The van der Waals surface area contributed by atoms with Gasteiger partial charge in [-0.3, -0.25) is 25.5 Å². The van der Waals surface area contributed by atoms with Gasteiger partial charge in [0.05, 0.1) is 21.2 Å². The summed E-state index contributed by atoms with van der Waals surface area (Å²) in [6.45, 7) is 0. The van der Waals surface area contributed by atoms with Crippen LogP contribution in [0.3, 0.4) is 0 Å². The summed E-state index contributed by atoms with van der Waals surface area (Å²) in [5, 5.41) is 11.7. The van der Waals surface area contributed by atoms with Gasteiger partial charge >= 0.3 is 0 Å². The van der Waals surface area contributed by atoms with Crippen molar-refractivity contribution in [2.45, 2.75) is 4.90 Å². The van der Waals surface area contributed by atoms with Crippen LogP contribution >= 0.6 is 11.6 Å². The van der Waals surface area contributed by atoms with Crippen molar-refractivity contribution in [2.75, 3.05) is 0 Å². The van der Waals surface area contributed by atoms with E-state index in [1.165, 1.54) is 18.2 Å². The molecular weight excluding hydrogens is 406 g/mol. The van der Waals surface area contributed by atoms with Crippen molar-refractivity contribution >= 4 is 33.4 Å². The molecule has 0 saturated carbocycles. The highest BCUT2D eigenvalue weighted by atomic mass is 35.5. The number of nitrogens with two attached hydrogens (primary N) is 1. The van der Waals surface area contributed by atoms with E-state index >= 15 is 0 Å². The second-order valence-corrected chi connectivity index (χ2v) is 7.60. The smallest absolute Gasteiger partial charge is 0.272 e. The van der Waals surface area contributed by atoms with E-state index in [0.29, 0.717) is 5.69 Å². The van der Waals surface area contributed by atoms with Crippen LogP contribution in [0.1, 0.15) is 20.8 Å². The number of nitrogens with zero attached hydrogens (tertiary/aromatic N) is 1. The Hall–Kier alpha value is -3.21. The molecule has 0 unspecified atom stereocenters. The lowest BCUT2D eigenvalue weighted by Crippen LogP contribution is -2.42. The minimum Gasteiger partial charge on any atom is -0.272 e. The van der Waals surface area contributed by atoms with Crippen molar-refractivity contribution in [3.05, 3.63) is 70.9 Å². The molecule has 5 N–H and O–H groups in total. The zero-order valence-corrected chi connectivity index (χ0v) is 15.7. The van der Waals surface area contributed by atoms with Gasteiger partial charge in [0, 0.05) is 5.56 Å². The van der Waals surface area contributed by atoms with Crippen LogP contribution in [0.4, 0.5) is 0 Å². The first-order valence-corrected chi connectivity index (χ1v) is 9.72. The van der Waals surface area contributed by atoms with Crippen molar-refractivity contribution in [1.82, 2.24) is 21.0 Å². The second kappa shape index (κ2) is 7.80. The van der Waals surface area contributed by atoms with E-state index in [1.54, 1.807) is 0 Å². The molecule has 3 aromatic rings. The number of aromatic amines is 1. The number of sulfonamides is 1. The Bertz CT molecular complexity index is 1150. The number of carbonyl (C=O) groups excluding carboxylic acids is 2. The number of H-pyrrole nitrogens is 1. The average Bonchev–Trinajstić information content (AvgIpc) is 3.16. The number of primary sulfonamides is 1.